The lowest BCUT2D eigenvalue weighted by molar-refractivity contribution is 0.175. The Kier molecular flexibility index (Phi) is 9.73. The number of nitrogens with zero attached hydrogens (tertiary/aromatic N) is 1. The first-order valence-electron chi connectivity index (χ1n) is 8.57. The molecular weight excluding hydrogens is 354 g/mol. The van der Waals surface area contributed by atoms with Crippen molar-refractivity contribution in [2.45, 2.75) is 44.9 Å². The van der Waals surface area contributed by atoms with E-state index in [0.29, 0.717) is 18.8 Å². The zero-order chi connectivity index (χ0) is 18.1. The lowest BCUT2D eigenvalue weighted by Gasteiger charge is -2.29. The highest BCUT2D eigenvalue weighted by Gasteiger charge is 2.17. The maximum atomic E-state index is 11.0. The fourth-order valence-corrected chi connectivity index (χ4v) is 3.87. The fourth-order valence-electron chi connectivity index (χ4n) is 3.03. The molecule has 1 aliphatic carbocycles. The summed E-state index contributed by atoms with van der Waals surface area (Å²) >= 11 is 0. The first-order valence-corrected chi connectivity index (χ1v) is 12.2. The normalized spacial score (nSPS) is 17.5. The molecule has 0 radical (unpaired) electrons. The molecule has 144 valence electrons. The average Bonchev–Trinajstić information content (AvgIpc) is 2.46. The third-order valence-corrected chi connectivity index (χ3v) is 5.26. The Morgan fingerprint density at radius 1 is 0.833 bits per heavy atom. The van der Waals surface area contributed by atoms with E-state index in [9.17, 15) is 16.8 Å². The van der Waals surface area contributed by atoms with Crippen molar-refractivity contribution in [3.63, 3.8) is 0 Å². The minimum absolute atomic E-state index is 0.180. The van der Waals surface area contributed by atoms with E-state index in [1.807, 2.05) is 0 Å². The number of rotatable bonds is 12. The molecule has 1 rings (SSSR count). The highest BCUT2D eigenvalue weighted by molar-refractivity contribution is 7.86. The van der Waals surface area contributed by atoms with Gasteiger partial charge in [-0.1, -0.05) is 19.3 Å². The van der Waals surface area contributed by atoms with Gasteiger partial charge in [0.05, 0.1) is 25.7 Å². The van der Waals surface area contributed by atoms with E-state index >= 15 is 0 Å². The molecule has 0 saturated heterocycles. The van der Waals surface area contributed by atoms with Gasteiger partial charge in [-0.15, -0.1) is 0 Å². The van der Waals surface area contributed by atoms with Crippen LogP contribution in [0.3, 0.4) is 0 Å². The third-order valence-electron chi connectivity index (χ3n) is 4.07. The van der Waals surface area contributed by atoms with Crippen LogP contribution < -0.4 is 0 Å². The minimum atomic E-state index is -3.39. The van der Waals surface area contributed by atoms with Crippen molar-refractivity contribution in [1.82, 2.24) is 4.90 Å². The molecule has 1 saturated carbocycles. The molecule has 0 atom stereocenters. The highest BCUT2D eigenvalue weighted by atomic mass is 32.2. The van der Waals surface area contributed by atoms with Crippen molar-refractivity contribution >= 4 is 20.2 Å². The van der Waals surface area contributed by atoms with Crippen molar-refractivity contribution in [3.8, 4) is 0 Å². The van der Waals surface area contributed by atoms with Crippen LogP contribution in [0.1, 0.15) is 44.9 Å². The van der Waals surface area contributed by atoms with E-state index < -0.39 is 20.2 Å². The molecule has 1 aliphatic rings. The first kappa shape index (κ1) is 21.8. The molecule has 0 spiro atoms. The maximum absolute atomic E-state index is 11.0. The van der Waals surface area contributed by atoms with Crippen LogP contribution in [0, 0.1) is 5.92 Å². The van der Waals surface area contributed by atoms with Crippen molar-refractivity contribution in [2.75, 3.05) is 45.4 Å². The van der Waals surface area contributed by atoms with Gasteiger partial charge in [-0.25, -0.2) is 0 Å². The molecule has 0 aromatic heterocycles. The molecule has 0 aromatic rings. The molecule has 0 N–H and O–H groups in total. The second-order valence-corrected chi connectivity index (χ2v) is 9.85. The van der Waals surface area contributed by atoms with E-state index in [1.165, 1.54) is 32.1 Å². The minimum Gasteiger partial charge on any atom is -0.303 e. The summed E-state index contributed by atoms with van der Waals surface area (Å²) in [4.78, 5) is 2.27. The summed E-state index contributed by atoms with van der Waals surface area (Å²) in [5, 5.41) is 0. The molecule has 9 heteroatoms. The standard InChI is InChI=1S/C15H31NO6S2/c1-23(17,18)21-12-6-10-16(11-7-13-22-24(2,19)20)14-15-8-4-3-5-9-15/h15H,3-14H2,1-2H3. The Hall–Kier alpha value is -0.220. The van der Waals surface area contributed by atoms with Crippen LogP contribution in [0.15, 0.2) is 0 Å². The van der Waals surface area contributed by atoms with E-state index in [2.05, 4.69) is 4.90 Å². The van der Waals surface area contributed by atoms with E-state index in [0.717, 1.165) is 32.1 Å². The summed E-state index contributed by atoms with van der Waals surface area (Å²) in [6.07, 6.45) is 9.68. The van der Waals surface area contributed by atoms with Gasteiger partial charge >= 0.3 is 0 Å². The van der Waals surface area contributed by atoms with Crippen molar-refractivity contribution in [1.29, 1.82) is 0 Å². The zero-order valence-electron chi connectivity index (χ0n) is 14.8. The molecule has 0 unspecified atom stereocenters. The summed E-state index contributed by atoms with van der Waals surface area (Å²) in [5.41, 5.74) is 0. The zero-order valence-corrected chi connectivity index (χ0v) is 16.4. The molecule has 7 nitrogen and oxygen atoms in total. The summed E-state index contributed by atoms with van der Waals surface area (Å²) in [7, 11) is -6.78. The monoisotopic (exact) mass is 385 g/mol. The van der Waals surface area contributed by atoms with Gasteiger partial charge in [0, 0.05) is 19.6 Å². The SMILES string of the molecule is CS(=O)(=O)OCCCN(CCCOS(C)(=O)=O)CC1CCCCC1. The molecule has 0 amide bonds. The molecule has 0 heterocycles. The van der Waals surface area contributed by atoms with Crippen molar-refractivity contribution < 1.29 is 25.2 Å². The van der Waals surface area contributed by atoms with Gasteiger partial charge in [0.15, 0.2) is 0 Å². The van der Waals surface area contributed by atoms with Crippen LogP contribution in [0.5, 0.6) is 0 Å². The van der Waals surface area contributed by atoms with E-state index in [-0.39, 0.29) is 13.2 Å². The van der Waals surface area contributed by atoms with Gasteiger partial charge in [-0.05, 0) is 31.6 Å². The van der Waals surface area contributed by atoms with Gasteiger partial charge in [0.1, 0.15) is 0 Å². The van der Waals surface area contributed by atoms with Gasteiger partial charge in [0.2, 0.25) is 0 Å². The molecule has 0 aromatic carbocycles. The third kappa shape index (κ3) is 12.2. The number of hydrogen-bond acceptors (Lipinski definition) is 7. The Balaban J connectivity index is 2.36. The summed E-state index contributed by atoms with van der Waals surface area (Å²) in [6, 6.07) is 0. The fraction of sp³-hybridized carbons (Fsp3) is 1.00. The summed E-state index contributed by atoms with van der Waals surface area (Å²) < 4.78 is 53.5. The second-order valence-electron chi connectivity index (χ2n) is 6.56. The summed E-state index contributed by atoms with van der Waals surface area (Å²) in [6.45, 7) is 2.81. The van der Waals surface area contributed by atoms with Gasteiger partial charge in [-0.2, -0.15) is 16.8 Å². The van der Waals surface area contributed by atoms with Crippen LogP contribution in [0.2, 0.25) is 0 Å². The molecule has 1 fully saturated rings. The van der Waals surface area contributed by atoms with Crippen LogP contribution in [0.25, 0.3) is 0 Å². The molecule has 0 bridgehead atoms. The second kappa shape index (κ2) is 10.7. The van der Waals surface area contributed by atoms with Crippen molar-refractivity contribution in [3.05, 3.63) is 0 Å². The molecular formula is C15H31NO6S2. The highest BCUT2D eigenvalue weighted by Crippen LogP contribution is 2.24. The Bertz CT molecular complexity index is 500. The van der Waals surface area contributed by atoms with Crippen LogP contribution in [-0.2, 0) is 28.6 Å². The van der Waals surface area contributed by atoms with Gasteiger partial charge in [0.25, 0.3) is 20.2 Å². The Labute approximate surface area is 146 Å². The van der Waals surface area contributed by atoms with E-state index in [4.69, 9.17) is 8.37 Å². The van der Waals surface area contributed by atoms with Crippen LogP contribution >= 0.6 is 0 Å². The average molecular weight is 386 g/mol. The van der Waals surface area contributed by atoms with Crippen molar-refractivity contribution in [2.24, 2.45) is 5.92 Å². The summed E-state index contributed by atoms with van der Waals surface area (Å²) in [5.74, 6) is 0.672. The largest absolute Gasteiger partial charge is 0.303 e. The smallest absolute Gasteiger partial charge is 0.264 e. The van der Waals surface area contributed by atoms with Crippen LogP contribution in [0.4, 0.5) is 0 Å². The maximum Gasteiger partial charge on any atom is 0.264 e. The van der Waals surface area contributed by atoms with E-state index in [1.54, 1.807) is 0 Å². The molecule has 24 heavy (non-hydrogen) atoms. The lowest BCUT2D eigenvalue weighted by Crippen LogP contribution is -2.33. The van der Waals surface area contributed by atoms with Crippen LogP contribution in [-0.4, -0.2) is 67.1 Å². The lowest BCUT2D eigenvalue weighted by atomic mass is 9.89. The predicted octanol–water partition coefficient (Wildman–Crippen LogP) is 1.60. The van der Waals surface area contributed by atoms with Gasteiger partial charge < -0.3 is 4.90 Å². The quantitative estimate of drug-likeness (QED) is 0.372. The topological polar surface area (TPSA) is 90.0 Å². The first-order chi connectivity index (χ1) is 11.2. The predicted molar refractivity (Wildman–Crippen MR) is 93.8 cm³/mol. The Morgan fingerprint density at radius 2 is 1.29 bits per heavy atom. The Morgan fingerprint density at radius 3 is 1.71 bits per heavy atom. The number of hydrogen-bond donors (Lipinski definition) is 0. The van der Waals surface area contributed by atoms with Gasteiger partial charge in [-0.3, -0.25) is 8.37 Å². The molecule has 0 aliphatic heterocycles.